The van der Waals surface area contributed by atoms with E-state index in [1.54, 1.807) is 26.5 Å². The van der Waals surface area contributed by atoms with Crippen molar-refractivity contribution in [3.63, 3.8) is 0 Å². The van der Waals surface area contributed by atoms with E-state index < -0.39 is 44.1 Å². The van der Waals surface area contributed by atoms with Crippen molar-refractivity contribution >= 4 is 19.9 Å². The summed E-state index contributed by atoms with van der Waals surface area (Å²) in [5.74, 6) is 1.23. The smallest absolute Gasteiger partial charge is 0.351 e. The van der Waals surface area contributed by atoms with Gasteiger partial charge < -0.3 is 29.1 Å². The van der Waals surface area contributed by atoms with Crippen LogP contribution >= 0.6 is 0 Å². The number of nitrogen functional groups attached to an aromatic ring is 1. The van der Waals surface area contributed by atoms with Crippen LogP contribution in [0.4, 0.5) is 5.82 Å². The highest BCUT2D eigenvalue weighted by molar-refractivity contribution is 6.74. The number of ether oxygens (including phenoxy) is 4. The maximum atomic E-state index is 13.8. The van der Waals surface area contributed by atoms with Gasteiger partial charge >= 0.3 is 5.69 Å². The van der Waals surface area contributed by atoms with Crippen LogP contribution in [0.2, 0.25) is 18.1 Å². The molecule has 1 unspecified atom stereocenters. The molecule has 1 saturated heterocycles. The quantitative estimate of drug-likeness (QED) is 0.132. The van der Waals surface area contributed by atoms with Crippen molar-refractivity contribution in [1.29, 1.82) is 0 Å². The second-order valence-electron chi connectivity index (χ2n) is 13.9. The molecule has 5 rings (SSSR count). The molecule has 49 heavy (non-hydrogen) atoms. The SMILES string of the molecule is COc1ccc(C(OC(C(C)=O)[C@@H]2C[C@@H](O[Si](C)(C)C(C)(C)C)[C@H](n3ccc(N)nc3=O)O2)(c2ccccc2)c2ccc(OC)cc2)cc1. The van der Waals surface area contributed by atoms with E-state index in [2.05, 4.69) is 38.8 Å². The number of nitrogens with zero attached hydrogens (tertiary/aromatic N) is 2. The predicted octanol–water partition coefficient (Wildman–Crippen LogP) is 6.49. The van der Waals surface area contributed by atoms with Crippen molar-refractivity contribution in [2.45, 2.75) is 82.4 Å². The lowest BCUT2D eigenvalue weighted by molar-refractivity contribution is -0.157. The molecule has 4 atom stereocenters. The molecule has 2 heterocycles. The number of ketones is 1. The fraction of sp³-hybridized carbons (Fsp3) is 0.395. The van der Waals surface area contributed by atoms with Crippen LogP contribution in [0.15, 0.2) is 95.9 Å². The zero-order valence-corrected chi connectivity index (χ0v) is 30.5. The Morgan fingerprint density at radius 1 is 0.898 bits per heavy atom. The van der Waals surface area contributed by atoms with E-state index >= 15 is 0 Å². The van der Waals surface area contributed by atoms with Gasteiger partial charge in [-0.2, -0.15) is 4.98 Å². The number of hydrogen-bond acceptors (Lipinski definition) is 9. The summed E-state index contributed by atoms with van der Waals surface area (Å²) >= 11 is 0. The summed E-state index contributed by atoms with van der Waals surface area (Å²) in [6.45, 7) is 12.2. The standard InChI is InChI=1S/C38H47N3O7Si/c1-25(42)34(31-24-32(48-49(7,8)37(2,3)4)35(46-31)41-23-22-33(39)40-36(41)43)47-38(26-12-10-9-11-13-26,27-14-18-29(44-5)19-15-27)28-16-20-30(45-6)21-17-28/h9-23,31-32,34-35H,24H2,1-8H3,(H2,39,40,43)/t31-,32+,34?,35+/m0/s1. The zero-order valence-electron chi connectivity index (χ0n) is 29.5. The fourth-order valence-electron chi connectivity index (χ4n) is 6.03. The third kappa shape index (κ3) is 7.35. The van der Waals surface area contributed by atoms with Gasteiger partial charge in [0.1, 0.15) is 29.0 Å². The van der Waals surface area contributed by atoms with Gasteiger partial charge in [0.2, 0.25) is 0 Å². The molecule has 10 nitrogen and oxygen atoms in total. The van der Waals surface area contributed by atoms with E-state index in [-0.39, 0.29) is 16.6 Å². The predicted molar refractivity (Wildman–Crippen MR) is 191 cm³/mol. The minimum atomic E-state index is -2.38. The third-order valence-electron chi connectivity index (χ3n) is 9.69. The van der Waals surface area contributed by atoms with Crippen LogP contribution in [0.25, 0.3) is 0 Å². The van der Waals surface area contributed by atoms with Crippen LogP contribution in [0.1, 0.15) is 57.0 Å². The molecule has 1 aromatic heterocycles. The van der Waals surface area contributed by atoms with E-state index in [4.69, 9.17) is 29.1 Å². The lowest BCUT2D eigenvalue weighted by Crippen LogP contribution is -2.46. The number of anilines is 1. The van der Waals surface area contributed by atoms with Crippen molar-refractivity contribution in [1.82, 2.24) is 9.55 Å². The van der Waals surface area contributed by atoms with Crippen LogP contribution in [0, 0.1) is 0 Å². The van der Waals surface area contributed by atoms with E-state index in [1.807, 2.05) is 78.9 Å². The summed E-state index contributed by atoms with van der Waals surface area (Å²) in [5, 5.41) is -0.123. The second-order valence-corrected chi connectivity index (χ2v) is 18.7. The number of carbonyl (C=O) groups excluding carboxylic acids is 1. The maximum absolute atomic E-state index is 13.8. The van der Waals surface area contributed by atoms with Crippen molar-refractivity contribution < 1.29 is 28.2 Å². The normalized spacial score (nSPS) is 19.0. The molecule has 1 aliphatic heterocycles. The number of rotatable bonds is 12. The van der Waals surface area contributed by atoms with Crippen molar-refractivity contribution in [3.8, 4) is 11.5 Å². The number of methoxy groups -OCH3 is 2. The first kappa shape index (κ1) is 36.0. The van der Waals surface area contributed by atoms with Gasteiger partial charge in [-0.1, -0.05) is 75.4 Å². The van der Waals surface area contributed by atoms with Gasteiger partial charge in [0.15, 0.2) is 20.3 Å². The summed E-state index contributed by atoms with van der Waals surface area (Å²) in [4.78, 5) is 30.9. The van der Waals surface area contributed by atoms with Gasteiger partial charge in [-0.05, 0) is 72.1 Å². The maximum Gasteiger partial charge on any atom is 0.351 e. The second kappa shape index (κ2) is 14.3. The number of aromatic nitrogens is 2. The Kier molecular flexibility index (Phi) is 10.5. The first-order valence-electron chi connectivity index (χ1n) is 16.4. The van der Waals surface area contributed by atoms with Crippen LogP contribution in [0.3, 0.4) is 0 Å². The number of Topliss-reactive ketones (excluding diaryl/α,β-unsaturated/α-hetero) is 1. The molecule has 0 spiro atoms. The Morgan fingerprint density at radius 3 is 1.90 bits per heavy atom. The average Bonchev–Trinajstić information content (AvgIpc) is 3.47. The monoisotopic (exact) mass is 685 g/mol. The van der Waals surface area contributed by atoms with Crippen LogP contribution in [0.5, 0.6) is 11.5 Å². The van der Waals surface area contributed by atoms with Gasteiger partial charge in [0.25, 0.3) is 0 Å². The van der Waals surface area contributed by atoms with Crippen LogP contribution in [-0.4, -0.2) is 56.2 Å². The van der Waals surface area contributed by atoms with Crippen LogP contribution < -0.4 is 20.9 Å². The molecule has 260 valence electrons. The summed E-state index contributed by atoms with van der Waals surface area (Å²) in [6.07, 6.45) is -1.41. The van der Waals surface area contributed by atoms with E-state index in [1.165, 1.54) is 11.5 Å². The minimum absolute atomic E-state index is 0.106. The molecule has 1 fully saturated rings. The number of nitrogens with two attached hydrogens (primary N) is 1. The summed E-state index contributed by atoms with van der Waals surface area (Å²) in [5.41, 5.74) is 6.36. The molecule has 0 aliphatic carbocycles. The molecule has 0 saturated carbocycles. The lowest BCUT2D eigenvalue weighted by Gasteiger charge is -2.40. The molecule has 0 bridgehead atoms. The summed E-state index contributed by atoms with van der Waals surface area (Å²) in [6, 6.07) is 26.6. The first-order valence-corrected chi connectivity index (χ1v) is 19.3. The average molecular weight is 686 g/mol. The summed E-state index contributed by atoms with van der Waals surface area (Å²) in [7, 11) is 0.851. The first-order chi connectivity index (χ1) is 23.2. The Morgan fingerprint density at radius 2 is 1.43 bits per heavy atom. The number of benzene rings is 3. The molecule has 0 amide bonds. The molecule has 11 heteroatoms. The van der Waals surface area contributed by atoms with Crippen molar-refractivity contribution in [2.75, 3.05) is 20.0 Å². The fourth-order valence-corrected chi connectivity index (χ4v) is 7.35. The highest BCUT2D eigenvalue weighted by atomic mass is 28.4. The molecule has 3 aromatic carbocycles. The van der Waals surface area contributed by atoms with E-state index in [0.717, 1.165) is 16.7 Å². The molecule has 2 N–H and O–H groups in total. The highest BCUT2D eigenvalue weighted by Crippen LogP contribution is 2.46. The van der Waals surface area contributed by atoms with E-state index in [0.29, 0.717) is 17.9 Å². The molecule has 4 aromatic rings. The highest BCUT2D eigenvalue weighted by Gasteiger charge is 2.51. The topological polar surface area (TPSA) is 124 Å². The van der Waals surface area contributed by atoms with E-state index in [9.17, 15) is 9.59 Å². The molecule has 1 aliphatic rings. The van der Waals surface area contributed by atoms with Gasteiger partial charge in [0, 0.05) is 12.6 Å². The van der Waals surface area contributed by atoms with Gasteiger partial charge in [-0.3, -0.25) is 9.36 Å². The number of carbonyl (C=O) groups is 1. The third-order valence-corrected chi connectivity index (χ3v) is 14.2. The molecular formula is C38H47N3O7Si. The van der Waals surface area contributed by atoms with Gasteiger partial charge in [-0.15, -0.1) is 0 Å². The zero-order chi connectivity index (χ0) is 35.6. The van der Waals surface area contributed by atoms with Gasteiger partial charge in [-0.25, -0.2) is 4.79 Å². The Balaban J connectivity index is 1.66. The Hall–Kier alpha value is -4.29. The largest absolute Gasteiger partial charge is 0.497 e. The summed E-state index contributed by atoms with van der Waals surface area (Å²) < 4.78 is 33.2. The lowest BCUT2D eigenvalue weighted by atomic mass is 9.79. The Bertz CT molecular complexity index is 1740. The van der Waals surface area contributed by atoms with Gasteiger partial charge in [0.05, 0.1) is 26.4 Å². The Labute approximate surface area is 289 Å². The van der Waals surface area contributed by atoms with Crippen molar-refractivity contribution in [2.24, 2.45) is 0 Å². The minimum Gasteiger partial charge on any atom is -0.497 e. The van der Waals surface area contributed by atoms with Crippen molar-refractivity contribution in [3.05, 3.63) is 118 Å². The molecule has 0 radical (unpaired) electrons. The molecular weight excluding hydrogens is 639 g/mol. The van der Waals surface area contributed by atoms with Crippen LogP contribution in [-0.2, 0) is 24.3 Å². The number of hydrogen-bond donors (Lipinski definition) is 1.